The number of carbonyl (C=O) groups is 1. The van der Waals surface area contributed by atoms with Gasteiger partial charge in [-0.2, -0.15) is 5.26 Å². The Labute approximate surface area is 187 Å². The Morgan fingerprint density at radius 2 is 2.10 bits per heavy atom. The molecule has 2 heterocycles. The fourth-order valence-electron chi connectivity index (χ4n) is 3.29. The highest BCUT2D eigenvalue weighted by molar-refractivity contribution is 7.99. The second-order valence-electron chi connectivity index (χ2n) is 6.76. The van der Waals surface area contributed by atoms with Crippen molar-refractivity contribution in [3.05, 3.63) is 46.2 Å². The maximum atomic E-state index is 12.4. The van der Waals surface area contributed by atoms with Gasteiger partial charge in [-0.25, -0.2) is 0 Å². The number of methoxy groups -OCH3 is 1. The van der Waals surface area contributed by atoms with Crippen LogP contribution >= 0.6 is 23.1 Å². The topological polar surface area (TPSA) is 110 Å². The summed E-state index contributed by atoms with van der Waals surface area (Å²) in [7, 11) is 1.57. The summed E-state index contributed by atoms with van der Waals surface area (Å²) in [4.78, 5) is 13.6. The molecule has 1 aliphatic carbocycles. The van der Waals surface area contributed by atoms with Crippen molar-refractivity contribution in [1.29, 1.82) is 5.26 Å². The molecule has 0 unspecified atom stereocenters. The summed E-state index contributed by atoms with van der Waals surface area (Å²) in [5, 5.41) is 21.2. The Balaban J connectivity index is 1.30. The zero-order chi connectivity index (χ0) is 21.6. The van der Waals surface area contributed by atoms with Gasteiger partial charge in [0.25, 0.3) is 11.1 Å². The van der Waals surface area contributed by atoms with Crippen LogP contribution in [-0.4, -0.2) is 29.0 Å². The molecule has 1 N–H and O–H groups in total. The number of fused-ring (bicyclic) bond motifs is 1. The third-order valence-corrected chi connectivity index (χ3v) is 6.76. The number of rotatable bonds is 8. The van der Waals surface area contributed by atoms with E-state index >= 15 is 0 Å². The summed E-state index contributed by atoms with van der Waals surface area (Å²) < 4.78 is 16.4. The lowest BCUT2D eigenvalue weighted by atomic mass is 9.96. The second-order valence-corrected chi connectivity index (χ2v) is 8.80. The number of nitrogens with zero attached hydrogens (tertiary/aromatic N) is 3. The fourth-order valence-corrected chi connectivity index (χ4v) is 5.13. The first-order valence-electron chi connectivity index (χ1n) is 9.73. The smallest absolute Gasteiger partial charge is 0.277 e. The van der Waals surface area contributed by atoms with Gasteiger partial charge in [-0.15, -0.1) is 21.5 Å². The lowest BCUT2D eigenvalue weighted by Crippen LogP contribution is -2.14. The van der Waals surface area contributed by atoms with Crippen molar-refractivity contribution >= 4 is 34.0 Å². The molecule has 3 aromatic rings. The number of nitriles is 1. The Bertz CT molecular complexity index is 1120. The number of thioether (sulfide) groups is 1. The van der Waals surface area contributed by atoms with Gasteiger partial charge in [0, 0.05) is 4.88 Å². The Hall–Kier alpha value is -3.03. The van der Waals surface area contributed by atoms with Crippen LogP contribution in [0, 0.1) is 11.3 Å². The van der Waals surface area contributed by atoms with Crippen LogP contribution < -0.4 is 14.8 Å². The van der Waals surface area contributed by atoms with E-state index in [1.54, 1.807) is 19.2 Å². The first kappa shape index (κ1) is 21.2. The molecule has 160 valence electrons. The van der Waals surface area contributed by atoms with E-state index in [1.165, 1.54) is 16.2 Å². The average Bonchev–Trinajstić information content (AvgIpc) is 3.40. The molecule has 0 saturated carbocycles. The zero-order valence-corrected chi connectivity index (χ0v) is 18.5. The molecule has 31 heavy (non-hydrogen) atoms. The lowest BCUT2D eigenvalue weighted by Gasteiger charge is -2.09. The Morgan fingerprint density at radius 1 is 1.29 bits per heavy atom. The molecule has 0 bridgehead atoms. The quantitative estimate of drug-likeness (QED) is 0.502. The van der Waals surface area contributed by atoms with Gasteiger partial charge in [0.15, 0.2) is 18.1 Å². The van der Waals surface area contributed by atoms with E-state index in [0.29, 0.717) is 28.0 Å². The van der Waals surface area contributed by atoms with Gasteiger partial charge < -0.3 is 19.2 Å². The van der Waals surface area contributed by atoms with Crippen molar-refractivity contribution < 1.29 is 18.7 Å². The molecule has 0 radical (unpaired) electrons. The lowest BCUT2D eigenvalue weighted by molar-refractivity contribution is -0.113. The highest BCUT2D eigenvalue weighted by atomic mass is 32.2. The van der Waals surface area contributed by atoms with Gasteiger partial charge in [0.2, 0.25) is 5.91 Å². The van der Waals surface area contributed by atoms with E-state index in [2.05, 4.69) is 21.6 Å². The number of aromatic nitrogens is 2. The molecular formula is C21H20N4O4S2. The van der Waals surface area contributed by atoms with Crippen LogP contribution in [0.25, 0.3) is 0 Å². The number of hydrogen-bond acceptors (Lipinski definition) is 9. The molecule has 0 aliphatic heterocycles. The largest absolute Gasteiger partial charge is 0.493 e. The summed E-state index contributed by atoms with van der Waals surface area (Å²) in [6.45, 7) is 0.0897. The van der Waals surface area contributed by atoms with Crippen molar-refractivity contribution in [2.75, 3.05) is 18.2 Å². The van der Waals surface area contributed by atoms with E-state index < -0.39 is 0 Å². The van der Waals surface area contributed by atoms with Gasteiger partial charge in [-0.05, 0) is 43.4 Å². The zero-order valence-electron chi connectivity index (χ0n) is 16.8. The molecule has 1 aromatic carbocycles. The van der Waals surface area contributed by atoms with Crippen molar-refractivity contribution in [3.63, 3.8) is 0 Å². The average molecular weight is 457 g/mol. The van der Waals surface area contributed by atoms with Crippen LogP contribution in [0.5, 0.6) is 11.5 Å². The van der Waals surface area contributed by atoms with Crippen LogP contribution in [0.1, 0.15) is 34.7 Å². The van der Waals surface area contributed by atoms with Gasteiger partial charge in [-0.3, -0.25) is 4.79 Å². The number of aryl methyl sites for hydroxylation is 1. The van der Waals surface area contributed by atoms with Gasteiger partial charge in [0.1, 0.15) is 11.1 Å². The van der Waals surface area contributed by atoms with E-state index in [1.807, 2.05) is 12.1 Å². The predicted molar refractivity (Wildman–Crippen MR) is 117 cm³/mol. The van der Waals surface area contributed by atoms with Crippen LogP contribution in [-0.2, 0) is 24.2 Å². The van der Waals surface area contributed by atoms with Crippen molar-refractivity contribution in [3.8, 4) is 17.6 Å². The molecule has 1 amide bonds. The second kappa shape index (κ2) is 9.85. The van der Waals surface area contributed by atoms with E-state index in [0.717, 1.165) is 43.0 Å². The molecule has 0 spiro atoms. The molecular weight excluding hydrogens is 436 g/mol. The minimum Gasteiger partial charge on any atom is -0.493 e. The molecule has 0 saturated heterocycles. The fraction of sp³-hybridized carbons (Fsp3) is 0.333. The molecule has 0 fully saturated rings. The third kappa shape index (κ3) is 5.00. The van der Waals surface area contributed by atoms with Crippen molar-refractivity contribution in [2.45, 2.75) is 37.5 Å². The molecule has 0 atom stereocenters. The molecule has 10 heteroatoms. The van der Waals surface area contributed by atoms with Gasteiger partial charge >= 0.3 is 0 Å². The van der Waals surface area contributed by atoms with Crippen LogP contribution in [0.3, 0.4) is 0 Å². The maximum Gasteiger partial charge on any atom is 0.277 e. The summed E-state index contributed by atoms with van der Waals surface area (Å²) in [6, 6.07) is 9.52. The summed E-state index contributed by atoms with van der Waals surface area (Å²) in [5.74, 6) is 1.36. The number of hydrogen-bond donors (Lipinski definition) is 1. The van der Waals surface area contributed by atoms with Crippen LogP contribution in [0.15, 0.2) is 33.9 Å². The SMILES string of the molecule is COc1ccccc1OCc1nnc(SCC(=O)Nc2sc3c(c2C#N)CCCC3)o1. The van der Waals surface area contributed by atoms with Crippen molar-refractivity contribution in [1.82, 2.24) is 10.2 Å². The minimum absolute atomic E-state index is 0.0897. The Kier molecular flexibility index (Phi) is 6.74. The van der Waals surface area contributed by atoms with Crippen molar-refractivity contribution in [2.24, 2.45) is 0 Å². The first-order chi connectivity index (χ1) is 15.2. The van der Waals surface area contributed by atoms with E-state index in [-0.39, 0.29) is 23.5 Å². The number of thiophene rings is 1. The van der Waals surface area contributed by atoms with Gasteiger partial charge in [0.05, 0.1) is 18.4 Å². The summed E-state index contributed by atoms with van der Waals surface area (Å²) in [6.07, 6.45) is 4.09. The number of para-hydroxylation sites is 2. The van der Waals surface area contributed by atoms with Gasteiger partial charge in [-0.1, -0.05) is 23.9 Å². The monoisotopic (exact) mass is 456 g/mol. The Morgan fingerprint density at radius 3 is 2.90 bits per heavy atom. The number of carbonyl (C=O) groups excluding carboxylic acids is 1. The maximum absolute atomic E-state index is 12.4. The van der Waals surface area contributed by atoms with Crippen LogP contribution in [0.4, 0.5) is 5.00 Å². The first-order valence-corrected chi connectivity index (χ1v) is 11.5. The number of benzene rings is 1. The summed E-state index contributed by atoms with van der Waals surface area (Å²) >= 11 is 2.64. The normalized spacial score (nSPS) is 12.6. The standard InChI is InChI=1S/C21H20N4O4S2/c1-27-15-7-3-4-8-16(15)28-11-19-24-25-21(29-19)30-12-18(26)23-20-14(10-22)13-6-2-5-9-17(13)31-20/h3-4,7-8H,2,5-6,9,11-12H2,1H3,(H,23,26). The van der Waals surface area contributed by atoms with E-state index in [9.17, 15) is 10.1 Å². The highest BCUT2D eigenvalue weighted by Crippen LogP contribution is 2.37. The molecule has 8 nitrogen and oxygen atoms in total. The predicted octanol–water partition coefficient (Wildman–Crippen LogP) is 4.20. The third-order valence-electron chi connectivity index (χ3n) is 4.73. The minimum atomic E-state index is -0.217. The number of nitrogens with one attached hydrogen (secondary N) is 1. The van der Waals surface area contributed by atoms with E-state index in [4.69, 9.17) is 13.9 Å². The highest BCUT2D eigenvalue weighted by Gasteiger charge is 2.22. The molecule has 4 rings (SSSR count). The van der Waals surface area contributed by atoms with Crippen LogP contribution in [0.2, 0.25) is 0 Å². The number of anilines is 1. The number of amides is 1. The molecule has 1 aliphatic rings. The molecule has 2 aromatic heterocycles. The number of ether oxygens (including phenoxy) is 2. The summed E-state index contributed by atoms with van der Waals surface area (Å²) in [5.41, 5.74) is 1.70.